The number of para-hydroxylation sites is 2. The topological polar surface area (TPSA) is 75.6 Å². The number of carbonyl (C=O) groups is 1. The Hall–Kier alpha value is -3.52. The van der Waals surface area contributed by atoms with Crippen molar-refractivity contribution in [3.8, 4) is 5.13 Å². The monoisotopic (exact) mass is 391 g/mol. The van der Waals surface area contributed by atoms with Gasteiger partial charge in [-0.2, -0.15) is 9.78 Å². The number of nitrogens with zero attached hydrogens (tertiary/aromatic N) is 3. The maximum absolute atomic E-state index is 14.0. The zero-order valence-electron chi connectivity index (χ0n) is 14.7. The number of benzene rings is 2. The molecule has 3 heterocycles. The van der Waals surface area contributed by atoms with Crippen molar-refractivity contribution < 1.29 is 9.18 Å². The molecule has 0 saturated carbocycles. The summed E-state index contributed by atoms with van der Waals surface area (Å²) in [7, 11) is 0. The minimum Gasteiger partial charge on any atom is -0.360 e. The second-order valence-electron chi connectivity index (χ2n) is 6.37. The van der Waals surface area contributed by atoms with E-state index in [1.165, 1.54) is 22.1 Å². The van der Waals surface area contributed by atoms with E-state index in [2.05, 4.69) is 20.4 Å². The van der Waals surface area contributed by atoms with Crippen LogP contribution < -0.4 is 5.32 Å². The number of anilines is 1. The Morgan fingerprint density at radius 2 is 2.07 bits per heavy atom. The maximum Gasteiger partial charge on any atom is 0.258 e. The second-order valence-corrected chi connectivity index (χ2v) is 7.38. The zero-order valence-corrected chi connectivity index (χ0v) is 15.5. The highest BCUT2D eigenvalue weighted by Crippen LogP contribution is 2.29. The van der Waals surface area contributed by atoms with Crippen LogP contribution in [0.3, 0.4) is 0 Å². The fraction of sp³-hybridized carbons (Fsp3) is 0.0500. The molecule has 5 aromatic rings. The zero-order chi connectivity index (χ0) is 19.3. The molecule has 138 valence electrons. The van der Waals surface area contributed by atoms with E-state index in [1.54, 1.807) is 24.4 Å². The number of thiazole rings is 1. The molecule has 5 rings (SSSR count). The van der Waals surface area contributed by atoms with E-state index in [0.717, 1.165) is 15.6 Å². The van der Waals surface area contributed by atoms with Gasteiger partial charge in [-0.1, -0.05) is 35.6 Å². The van der Waals surface area contributed by atoms with Gasteiger partial charge in [0.25, 0.3) is 5.91 Å². The molecule has 2 aromatic carbocycles. The smallest absolute Gasteiger partial charge is 0.258 e. The van der Waals surface area contributed by atoms with E-state index in [4.69, 9.17) is 0 Å². The molecular formula is C20H14FN5OS. The third-order valence-corrected chi connectivity index (χ3v) is 5.44. The summed E-state index contributed by atoms with van der Waals surface area (Å²) in [5, 5.41) is 8.65. The lowest BCUT2D eigenvalue weighted by molar-refractivity contribution is 0.102. The largest absolute Gasteiger partial charge is 0.360 e. The summed E-state index contributed by atoms with van der Waals surface area (Å²) in [6, 6.07) is 14.2. The first-order chi connectivity index (χ1) is 13.6. The van der Waals surface area contributed by atoms with Gasteiger partial charge >= 0.3 is 0 Å². The highest BCUT2D eigenvalue weighted by Gasteiger charge is 2.18. The first kappa shape index (κ1) is 16.6. The van der Waals surface area contributed by atoms with E-state index < -0.39 is 0 Å². The van der Waals surface area contributed by atoms with Gasteiger partial charge in [0.15, 0.2) is 0 Å². The molecule has 0 aliphatic rings. The average Bonchev–Trinajstić information content (AvgIpc) is 3.38. The first-order valence-electron chi connectivity index (χ1n) is 8.60. The van der Waals surface area contributed by atoms with Crippen LogP contribution in [0.25, 0.3) is 26.3 Å². The highest BCUT2D eigenvalue weighted by molar-refractivity contribution is 7.20. The Morgan fingerprint density at radius 3 is 2.93 bits per heavy atom. The Balaban J connectivity index is 1.54. The molecule has 8 heteroatoms. The summed E-state index contributed by atoms with van der Waals surface area (Å²) in [4.78, 5) is 20.3. The molecule has 3 aromatic heterocycles. The van der Waals surface area contributed by atoms with Crippen LogP contribution in [0.1, 0.15) is 16.1 Å². The quantitative estimate of drug-likeness (QED) is 0.470. The van der Waals surface area contributed by atoms with E-state index >= 15 is 0 Å². The molecule has 28 heavy (non-hydrogen) atoms. The third-order valence-electron chi connectivity index (χ3n) is 4.45. The molecule has 0 fully saturated rings. The number of aromatic amines is 1. The number of halogens is 1. The number of hydrogen-bond donors (Lipinski definition) is 2. The van der Waals surface area contributed by atoms with Crippen molar-refractivity contribution in [1.29, 1.82) is 0 Å². The van der Waals surface area contributed by atoms with Crippen LogP contribution in [0.15, 0.2) is 54.7 Å². The lowest BCUT2D eigenvalue weighted by atomic mass is 10.1. The van der Waals surface area contributed by atoms with Crippen molar-refractivity contribution in [1.82, 2.24) is 19.7 Å². The molecule has 1 amide bonds. The Bertz CT molecular complexity index is 1350. The summed E-state index contributed by atoms with van der Waals surface area (Å²) in [6.07, 6.45) is 1.68. The second kappa shape index (κ2) is 6.28. The summed E-state index contributed by atoms with van der Waals surface area (Å²) in [5.74, 6) is -0.161. The number of hydrogen-bond acceptors (Lipinski definition) is 4. The Labute approximate surface area is 162 Å². The van der Waals surface area contributed by atoms with E-state index in [1.807, 2.05) is 31.2 Å². The lowest BCUT2D eigenvalue weighted by Gasteiger charge is -2.06. The normalized spacial score (nSPS) is 11.4. The van der Waals surface area contributed by atoms with Gasteiger partial charge in [0, 0.05) is 23.2 Å². The number of carbonyl (C=O) groups excluding carboxylic acids is 1. The van der Waals surface area contributed by atoms with Crippen molar-refractivity contribution in [2.45, 2.75) is 6.92 Å². The maximum atomic E-state index is 14.0. The van der Waals surface area contributed by atoms with Crippen LogP contribution in [-0.2, 0) is 0 Å². The lowest BCUT2D eigenvalue weighted by Crippen LogP contribution is -2.14. The molecule has 0 saturated heterocycles. The van der Waals surface area contributed by atoms with Gasteiger partial charge < -0.3 is 10.3 Å². The average molecular weight is 391 g/mol. The van der Waals surface area contributed by atoms with Gasteiger partial charge in [-0.3, -0.25) is 4.79 Å². The SMILES string of the molecule is Cc1cc(NC(=O)c2c[nH]c3ccccc23)n(-c2nc3c(F)cccc3s2)n1. The minimum atomic E-state index is -0.381. The van der Waals surface area contributed by atoms with Crippen LogP contribution in [0.5, 0.6) is 0 Å². The minimum absolute atomic E-state index is 0.258. The number of fused-ring (bicyclic) bond motifs is 2. The van der Waals surface area contributed by atoms with Gasteiger partial charge in [-0.05, 0) is 25.1 Å². The number of amides is 1. The molecular weight excluding hydrogens is 377 g/mol. The molecule has 0 aliphatic carbocycles. The Morgan fingerprint density at radius 1 is 1.21 bits per heavy atom. The van der Waals surface area contributed by atoms with Crippen molar-refractivity contribution in [2.24, 2.45) is 0 Å². The van der Waals surface area contributed by atoms with Crippen molar-refractivity contribution in [3.63, 3.8) is 0 Å². The van der Waals surface area contributed by atoms with Gasteiger partial charge in [0.1, 0.15) is 17.2 Å². The fourth-order valence-corrected chi connectivity index (χ4v) is 4.12. The predicted molar refractivity (Wildman–Crippen MR) is 108 cm³/mol. The Kier molecular flexibility index (Phi) is 3.73. The first-order valence-corrected chi connectivity index (χ1v) is 9.41. The van der Waals surface area contributed by atoms with Crippen LogP contribution in [0.4, 0.5) is 10.2 Å². The van der Waals surface area contributed by atoms with Gasteiger partial charge in [-0.25, -0.2) is 9.37 Å². The fourth-order valence-electron chi connectivity index (χ4n) is 3.17. The molecule has 0 aliphatic heterocycles. The standard InChI is InChI=1S/C20H14FN5OS/c1-11-9-17(23-19(27)13-10-22-15-7-3-2-5-12(13)15)26(25-11)20-24-18-14(21)6-4-8-16(18)28-20/h2-10,22H,1H3,(H,23,27). The summed E-state index contributed by atoms with van der Waals surface area (Å²) in [6.45, 7) is 1.83. The van der Waals surface area contributed by atoms with E-state index in [9.17, 15) is 9.18 Å². The van der Waals surface area contributed by atoms with Gasteiger partial charge in [-0.15, -0.1) is 0 Å². The molecule has 0 radical (unpaired) electrons. The molecule has 2 N–H and O–H groups in total. The molecule has 6 nitrogen and oxygen atoms in total. The molecule has 0 spiro atoms. The van der Waals surface area contributed by atoms with E-state index in [-0.39, 0.29) is 11.7 Å². The summed E-state index contributed by atoms with van der Waals surface area (Å²) < 4.78 is 16.3. The van der Waals surface area contributed by atoms with Gasteiger partial charge in [0.05, 0.1) is 16.0 Å². The highest BCUT2D eigenvalue weighted by atomic mass is 32.1. The van der Waals surface area contributed by atoms with Crippen LogP contribution in [-0.4, -0.2) is 25.7 Å². The van der Waals surface area contributed by atoms with E-state index in [0.29, 0.717) is 27.7 Å². The summed E-state index contributed by atoms with van der Waals surface area (Å²) in [5.41, 5.74) is 2.44. The van der Waals surface area contributed by atoms with Crippen LogP contribution in [0.2, 0.25) is 0 Å². The van der Waals surface area contributed by atoms with Crippen LogP contribution in [0, 0.1) is 12.7 Å². The number of nitrogens with one attached hydrogen (secondary N) is 2. The number of aromatic nitrogens is 4. The van der Waals surface area contributed by atoms with Gasteiger partial charge in [0.2, 0.25) is 5.13 Å². The van der Waals surface area contributed by atoms with Crippen LogP contribution >= 0.6 is 11.3 Å². The summed E-state index contributed by atoms with van der Waals surface area (Å²) >= 11 is 1.31. The number of aryl methyl sites for hydroxylation is 1. The molecule has 0 atom stereocenters. The molecule has 0 unspecified atom stereocenters. The predicted octanol–water partition coefficient (Wildman–Crippen LogP) is 4.66. The third kappa shape index (κ3) is 2.66. The number of rotatable bonds is 3. The van der Waals surface area contributed by atoms with Crippen molar-refractivity contribution in [2.75, 3.05) is 5.32 Å². The molecule has 0 bridgehead atoms. The number of H-pyrrole nitrogens is 1. The van der Waals surface area contributed by atoms with Crippen molar-refractivity contribution >= 4 is 44.2 Å². The van der Waals surface area contributed by atoms with Crippen molar-refractivity contribution in [3.05, 3.63) is 71.8 Å².